The molecule has 0 aliphatic heterocycles. The summed E-state index contributed by atoms with van der Waals surface area (Å²) in [5.41, 5.74) is 0.288. The van der Waals surface area contributed by atoms with Crippen molar-refractivity contribution in [1.82, 2.24) is 9.78 Å². The highest BCUT2D eigenvalue weighted by molar-refractivity contribution is 5.92. The number of aromatic nitrogens is 2. The molecule has 0 atom stereocenters. The van der Waals surface area contributed by atoms with Gasteiger partial charge in [0.2, 0.25) is 5.91 Å². The van der Waals surface area contributed by atoms with E-state index in [2.05, 4.69) is 10.4 Å². The monoisotopic (exact) mass is 263 g/mol. The van der Waals surface area contributed by atoms with Crippen LogP contribution in [0.5, 0.6) is 0 Å². The third kappa shape index (κ3) is 4.38. The number of nitrogens with zero attached hydrogens (tertiary/aromatic N) is 2. The van der Waals surface area contributed by atoms with E-state index in [-0.39, 0.29) is 17.5 Å². The summed E-state index contributed by atoms with van der Waals surface area (Å²) in [6, 6.07) is 0. The van der Waals surface area contributed by atoms with Gasteiger partial charge in [0.25, 0.3) is 0 Å². The van der Waals surface area contributed by atoms with E-state index in [0.717, 1.165) is 4.68 Å². The Balaban J connectivity index is 2.61. The molecule has 102 valence electrons. The predicted molar refractivity (Wildman–Crippen MR) is 61.0 cm³/mol. The predicted octanol–water partition coefficient (Wildman–Crippen LogP) is 2.82. The highest BCUT2D eigenvalue weighted by Gasteiger charge is 2.28. The van der Waals surface area contributed by atoms with E-state index in [0.29, 0.717) is 12.8 Å². The molecule has 1 heterocycles. The van der Waals surface area contributed by atoms with Gasteiger partial charge in [-0.05, 0) is 12.8 Å². The molecule has 1 N–H and O–H groups in total. The lowest BCUT2D eigenvalue weighted by molar-refractivity contribution is -0.142. The molecule has 0 saturated heterocycles. The van der Waals surface area contributed by atoms with Gasteiger partial charge in [-0.25, -0.2) is 0 Å². The van der Waals surface area contributed by atoms with Gasteiger partial charge in [0.05, 0.1) is 11.9 Å². The number of carbonyl (C=O) groups excluding carboxylic acids is 1. The summed E-state index contributed by atoms with van der Waals surface area (Å²) in [6.07, 6.45) is -0.541. The summed E-state index contributed by atoms with van der Waals surface area (Å²) in [6.45, 7) is 2.62. The van der Waals surface area contributed by atoms with Gasteiger partial charge in [-0.2, -0.15) is 18.3 Å². The first kappa shape index (κ1) is 14.5. The van der Waals surface area contributed by atoms with Crippen LogP contribution in [0, 0.1) is 5.92 Å². The third-order valence-electron chi connectivity index (χ3n) is 2.60. The van der Waals surface area contributed by atoms with E-state index in [4.69, 9.17) is 0 Å². The number of rotatable bonds is 5. The van der Waals surface area contributed by atoms with Crippen LogP contribution in [0.25, 0.3) is 0 Å². The van der Waals surface area contributed by atoms with Crippen LogP contribution in [0.4, 0.5) is 18.9 Å². The lowest BCUT2D eigenvalue weighted by Crippen LogP contribution is -2.21. The van der Waals surface area contributed by atoms with Gasteiger partial charge in [0, 0.05) is 12.1 Å². The van der Waals surface area contributed by atoms with Crippen LogP contribution in [0.1, 0.15) is 26.7 Å². The second-order valence-electron chi connectivity index (χ2n) is 4.04. The van der Waals surface area contributed by atoms with Crippen LogP contribution >= 0.6 is 0 Å². The lowest BCUT2D eigenvalue weighted by atomic mass is 10.0. The molecule has 0 spiro atoms. The number of carbonyl (C=O) groups is 1. The summed E-state index contributed by atoms with van der Waals surface area (Å²) < 4.78 is 37.1. The Morgan fingerprint density at radius 1 is 1.44 bits per heavy atom. The molecule has 0 radical (unpaired) electrons. The minimum atomic E-state index is -4.32. The Morgan fingerprint density at radius 2 is 2.06 bits per heavy atom. The van der Waals surface area contributed by atoms with E-state index in [1.165, 1.54) is 12.4 Å². The first-order valence-electron chi connectivity index (χ1n) is 5.75. The van der Waals surface area contributed by atoms with E-state index in [1.807, 2.05) is 13.8 Å². The number of hydrogen-bond acceptors (Lipinski definition) is 2. The van der Waals surface area contributed by atoms with E-state index in [9.17, 15) is 18.0 Å². The molecule has 1 rings (SSSR count). The average molecular weight is 263 g/mol. The maximum atomic E-state index is 12.1. The van der Waals surface area contributed by atoms with E-state index in [1.54, 1.807) is 0 Å². The first-order chi connectivity index (χ1) is 8.35. The van der Waals surface area contributed by atoms with Gasteiger partial charge in [0.1, 0.15) is 6.54 Å². The van der Waals surface area contributed by atoms with Crippen LogP contribution in [0.3, 0.4) is 0 Å². The zero-order valence-electron chi connectivity index (χ0n) is 10.3. The summed E-state index contributed by atoms with van der Waals surface area (Å²) in [5.74, 6) is -0.317. The molecule has 7 heteroatoms. The largest absolute Gasteiger partial charge is 0.408 e. The Bertz CT molecular complexity index is 396. The Morgan fingerprint density at radius 3 is 2.56 bits per heavy atom. The molecule has 0 aliphatic carbocycles. The van der Waals surface area contributed by atoms with Crippen molar-refractivity contribution in [2.75, 3.05) is 5.32 Å². The van der Waals surface area contributed by atoms with Crippen LogP contribution in [0.15, 0.2) is 12.4 Å². The quantitative estimate of drug-likeness (QED) is 0.888. The molecule has 1 aromatic heterocycles. The van der Waals surface area contributed by atoms with Crippen molar-refractivity contribution < 1.29 is 18.0 Å². The maximum Gasteiger partial charge on any atom is 0.408 e. The van der Waals surface area contributed by atoms with Crippen molar-refractivity contribution in [1.29, 1.82) is 0 Å². The normalized spacial score (nSPS) is 11.9. The third-order valence-corrected chi connectivity index (χ3v) is 2.60. The topological polar surface area (TPSA) is 46.9 Å². The molecule has 0 bridgehead atoms. The zero-order valence-corrected chi connectivity index (χ0v) is 10.3. The molecule has 0 aromatic carbocycles. The zero-order chi connectivity index (χ0) is 13.8. The molecular weight excluding hydrogens is 247 g/mol. The van der Waals surface area contributed by atoms with Gasteiger partial charge >= 0.3 is 6.18 Å². The lowest BCUT2D eigenvalue weighted by Gasteiger charge is -2.11. The molecule has 0 fully saturated rings. The highest BCUT2D eigenvalue weighted by atomic mass is 19.4. The molecule has 0 unspecified atom stereocenters. The number of hydrogen-bond donors (Lipinski definition) is 1. The summed E-state index contributed by atoms with van der Waals surface area (Å²) in [7, 11) is 0. The highest BCUT2D eigenvalue weighted by Crippen LogP contribution is 2.18. The average Bonchev–Trinajstić information content (AvgIpc) is 2.64. The van der Waals surface area contributed by atoms with Gasteiger partial charge in [-0.1, -0.05) is 13.8 Å². The fourth-order valence-electron chi connectivity index (χ4n) is 1.60. The van der Waals surface area contributed by atoms with E-state index < -0.39 is 12.7 Å². The Labute approximate surface area is 103 Å². The molecule has 0 saturated carbocycles. The van der Waals surface area contributed by atoms with Crippen LogP contribution < -0.4 is 5.32 Å². The second-order valence-corrected chi connectivity index (χ2v) is 4.04. The maximum absolute atomic E-state index is 12.1. The number of nitrogens with one attached hydrogen (secondary N) is 1. The van der Waals surface area contributed by atoms with Crippen molar-refractivity contribution in [2.45, 2.75) is 39.4 Å². The Kier molecular flexibility index (Phi) is 4.75. The minimum absolute atomic E-state index is 0.129. The molecular formula is C11H16F3N3O. The van der Waals surface area contributed by atoms with Crippen molar-refractivity contribution in [2.24, 2.45) is 5.92 Å². The smallest absolute Gasteiger partial charge is 0.323 e. The molecule has 1 aromatic rings. The fourth-order valence-corrected chi connectivity index (χ4v) is 1.60. The first-order valence-corrected chi connectivity index (χ1v) is 5.75. The number of halogens is 3. The van der Waals surface area contributed by atoms with Crippen molar-refractivity contribution >= 4 is 11.6 Å². The molecule has 18 heavy (non-hydrogen) atoms. The van der Waals surface area contributed by atoms with Gasteiger partial charge < -0.3 is 5.32 Å². The van der Waals surface area contributed by atoms with Crippen LogP contribution in [0.2, 0.25) is 0 Å². The fraction of sp³-hybridized carbons (Fsp3) is 0.636. The summed E-state index contributed by atoms with van der Waals surface area (Å²) in [4.78, 5) is 11.7. The summed E-state index contributed by atoms with van der Waals surface area (Å²) in [5, 5.41) is 6.11. The summed E-state index contributed by atoms with van der Waals surface area (Å²) >= 11 is 0. The van der Waals surface area contributed by atoms with Gasteiger partial charge in [0.15, 0.2) is 0 Å². The van der Waals surface area contributed by atoms with Crippen LogP contribution in [-0.4, -0.2) is 21.9 Å². The standard InChI is InChI=1S/C11H16F3N3O/c1-3-8(4-2)10(18)16-9-5-15-17(6-9)7-11(12,13)14/h5-6,8H,3-4,7H2,1-2H3,(H,16,18). The minimum Gasteiger partial charge on any atom is -0.323 e. The van der Waals surface area contributed by atoms with Crippen molar-refractivity contribution in [3.63, 3.8) is 0 Å². The number of anilines is 1. The SMILES string of the molecule is CCC(CC)C(=O)Nc1cnn(CC(F)(F)F)c1. The van der Waals surface area contributed by atoms with Crippen LogP contribution in [-0.2, 0) is 11.3 Å². The Hall–Kier alpha value is -1.53. The van der Waals surface area contributed by atoms with Crippen molar-refractivity contribution in [3.8, 4) is 0 Å². The van der Waals surface area contributed by atoms with Gasteiger partial charge in [-0.15, -0.1) is 0 Å². The molecule has 0 aliphatic rings. The molecule has 4 nitrogen and oxygen atoms in total. The second kappa shape index (κ2) is 5.88. The number of alkyl halides is 3. The van der Waals surface area contributed by atoms with Gasteiger partial charge in [-0.3, -0.25) is 9.48 Å². The molecule has 1 amide bonds. The van der Waals surface area contributed by atoms with E-state index >= 15 is 0 Å². The van der Waals surface area contributed by atoms with Crippen molar-refractivity contribution in [3.05, 3.63) is 12.4 Å². The number of amides is 1.